The highest BCUT2D eigenvalue weighted by atomic mass is 16.2. The van der Waals surface area contributed by atoms with E-state index in [0.29, 0.717) is 5.56 Å². The van der Waals surface area contributed by atoms with Crippen LogP contribution in [0.15, 0.2) is 30.3 Å². The number of amides is 3. The van der Waals surface area contributed by atoms with E-state index in [1.807, 2.05) is 0 Å². The molecule has 19 heavy (non-hydrogen) atoms. The maximum Gasteiger partial charge on any atom is 0.243 e. The Morgan fingerprint density at radius 2 is 1.68 bits per heavy atom. The number of nitrogens with two attached hydrogens (primary N) is 2. The van der Waals surface area contributed by atoms with Gasteiger partial charge in [0.2, 0.25) is 17.7 Å². The van der Waals surface area contributed by atoms with Crippen molar-refractivity contribution in [3.63, 3.8) is 0 Å². The third-order valence-electron chi connectivity index (χ3n) is 3.29. The van der Waals surface area contributed by atoms with E-state index < -0.39 is 11.4 Å². The summed E-state index contributed by atoms with van der Waals surface area (Å²) in [6.07, 6.45) is 0.310. The normalized spacial score (nSPS) is 18.5. The van der Waals surface area contributed by atoms with Gasteiger partial charge in [-0.3, -0.25) is 19.3 Å². The van der Waals surface area contributed by atoms with Gasteiger partial charge in [0.25, 0.3) is 0 Å². The van der Waals surface area contributed by atoms with E-state index in [-0.39, 0.29) is 31.2 Å². The molecule has 2 rings (SSSR count). The lowest BCUT2D eigenvalue weighted by Gasteiger charge is -2.30. The van der Waals surface area contributed by atoms with Crippen LogP contribution in [-0.4, -0.2) is 29.2 Å². The molecular weight excluding hydrogens is 246 g/mol. The van der Waals surface area contributed by atoms with Gasteiger partial charge in [0.1, 0.15) is 5.54 Å². The Kier molecular flexibility index (Phi) is 3.35. The van der Waals surface area contributed by atoms with Gasteiger partial charge < -0.3 is 11.5 Å². The van der Waals surface area contributed by atoms with Crippen LogP contribution in [0.5, 0.6) is 0 Å². The summed E-state index contributed by atoms with van der Waals surface area (Å²) in [5, 5.41) is 0. The van der Waals surface area contributed by atoms with Gasteiger partial charge in [0.05, 0.1) is 6.54 Å². The third-order valence-corrected chi connectivity index (χ3v) is 3.29. The van der Waals surface area contributed by atoms with Crippen LogP contribution in [0.25, 0.3) is 0 Å². The van der Waals surface area contributed by atoms with E-state index in [9.17, 15) is 14.4 Å². The minimum atomic E-state index is -1.56. The zero-order valence-corrected chi connectivity index (χ0v) is 10.3. The van der Waals surface area contributed by atoms with Gasteiger partial charge in [-0.25, -0.2) is 0 Å². The van der Waals surface area contributed by atoms with Gasteiger partial charge in [-0.1, -0.05) is 30.3 Å². The monoisotopic (exact) mass is 261 g/mol. The van der Waals surface area contributed by atoms with Gasteiger partial charge in [0, 0.05) is 12.8 Å². The molecule has 1 fully saturated rings. The molecule has 0 spiro atoms. The van der Waals surface area contributed by atoms with Crippen LogP contribution in [0.3, 0.4) is 0 Å². The van der Waals surface area contributed by atoms with Crippen LogP contribution in [-0.2, 0) is 19.9 Å². The third kappa shape index (κ3) is 2.34. The largest absolute Gasteiger partial charge is 0.368 e. The quantitative estimate of drug-likeness (QED) is 0.711. The molecular formula is C13H15N3O3. The van der Waals surface area contributed by atoms with Crippen molar-refractivity contribution in [1.29, 1.82) is 0 Å². The minimum Gasteiger partial charge on any atom is -0.368 e. The number of primary amides is 1. The van der Waals surface area contributed by atoms with E-state index in [2.05, 4.69) is 0 Å². The van der Waals surface area contributed by atoms with Gasteiger partial charge in [-0.05, 0) is 5.56 Å². The van der Waals surface area contributed by atoms with E-state index in [4.69, 9.17) is 11.5 Å². The maximum atomic E-state index is 11.7. The van der Waals surface area contributed by atoms with E-state index in [0.717, 1.165) is 4.90 Å². The average molecular weight is 261 g/mol. The maximum absolute atomic E-state index is 11.7. The summed E-state index contributed by atoms with van der Waals surface area (Å²) < 4.78 is 0. The molecule has 1 aromatic carbocycles. The van der Waals surface area contributed by atoms with Crippen LogP contribution in [0, 0.1) is 0 Å². The van der Waals surface area contributed by atoms with Gasteiger partial charge in [0.15, 0.2) is 0 Å². The van der Waals surface area contributed by atoms with Gasteiger partial charge in [-0.15, -0.1) is 0 Å². The molecule has 1 aromatic rings. The van der Waals surface area contributed by atoms with Crippen molar-refractivity contribution in [3.8, 4) is 0 Å². The summed E-state index contributed by atoms with van der Waals surface area (Å²) in [5.41, 5.74) is 10.3. The number of carbonyl (C=O) groups is 3. The summed E-state index contributed by atoms with van der Waals surface area (Å²) in [6, 6.07) is 8.50. The molecule has 1 aliphatic heterocycles. The number of hydrogen-bond acceptors (Lipinski definition) is 4. The Morgan fingerprint density at radius 1 is 1.16 bits per heavy atom. The highest BCUT2D eigenvalue weighted by molar-refractivity contribution is 6.02. The molecule has 0 saturated carbocycles. The predicted octanol–water partition coefficient (Wildman–Crippen LogP) is -0.525. The highest BCUT2D eigenvalue weighted by Crippen LogP contribution is 2.22. The average Bonchev–Trinajstić information content (AvgIpc) is 2.71. The fourth-order valence-corrected chi connectivity index (χ4v) is 2.10. The number of carbonyl (C=O) groups excluding carboxylic acids is 3. The van der Waals surface area contributed by atoms with Crippen LogP contribution < -0.4 is 11.5 Å². The molecule has 1 unspecified atom stereocenters. The molecule has 1 saturated heterocycles. The fraction of sp³-hybridized carbons (Fsp3) is 0.308. The molecule has 0 bridgehead atoms. The highest BCUT2D eigenvalue weighted by Gasteiger charge is 2.41. The Hall–Kier alpha value is -2.21. The molecule has 1 heterocycles. The molecule has 4 N–H and O–H groups in total. The van der Waals surface area contributed by atoms with Crippen LogP contribution >= 0.6 is 0 Å². The van der Waals surface area contributed by atoms with Crippen molar-refractivity contribution < 1.29 is 14.4 Å². The number of benzene rings is 1. The molecule has 0 aromatic heterocycles. The zero-order chi connectivity index (χ0) is 14.0. The minimum absolute atomic E-state index is 0.155. The van der Waals surface area contributed by atoms with Crippen molar-refractivity contribution in [1.82, 2.24) is 4.90 Å². The Labute approximate surface area is 110 Å². The lowest BCUT2D eigenvalue weighted by atomic mass is 9.89. The summed E-state index contributed by atoms with van der Waals surface area (Å²) in [7, 11) is 0. The number of hydrogen-bond donors (Lipinski definition) is 2. The topological polar surface area (TPSA) is 106 Å². The first-order valence-corrected chi connectivity index (χ1v) is 5.92. The van der Waals surface area contributed by atoms with Gasteiger partial charge in [-0.2, -0.15) is 0 Å². The molecule has 1 atom stereocenters. The van der Waals surface area contributed by atoms with Crippen LogP contribution in [0.2, 0.25) is 0 Å². The number of likely N-dealkylation sites (tertiary alicyclic amines) is 1. The molecule has 0 radical (unpaired) electrons. The molecule has 100 valence electrons. The van der Waals surface area contributed by atoms with Crippen molar-refractivity contribution in [2.45, 2.75) is 18.4 Å². The van der Waals surface area contributed by atoms with Crippen LogP contribution in [0.4, 0.5) is 0 Å². The first kappa shape index (κ1) is 13.2. The fourth-order valence-electron chi connectivity index (χ4n) is 2.10. The summed E-state index contributed by atoms with van der Waals surface area (Å²) >= 11 is 0. The summed E-state index contributed by atoms with van der Waals surface area (Å²) in [5.74, 6) is -1.42. The summed E-state index contributed by atoms with van der Waals surface area (Å²) in [6.45, 7) is -0.218. The second kappa shape index (κ2) is 4.81. The van der Waals surface area contributed by atoms with Crippen molar-refractivity contribution in [3.05, 3.63) is 35.9 Å². The first-order chi connectivity index (χ1) is 8.95. The number of imide groups is 1. The second-order valence-corrected chi connectivity index (χ2v) is 4.58. The van der Waals surface area contributed by atoms with Crippen molar-refractivity contribution in [2.24, 2.45) is 11.5 Å². The van der Waals surface area contributed by atoms with E-state index >= 15 is 0 Å². The molecule has 1 aliphatic rings. The number of nitrogens with zero attached hydrogens (tertiary/aromatic N) is 1. The van der Waals surface area contributed by atoms with E-state index in [1.165, 1.54) is 0 Å². The smallest absolute Gasteiger partial charge is 0.243 e. The Morgan fingerprint density at radius 3 is 2.16 bits per heavy atom. The molecule has 6 nitrogen and oxygen atoms in total. The van der Waals surface area contributed by atoms with Crippen molar-refractivity contribution >= 4 is 17.7 Å². The number of rotatable bonds is 4. The van der Waals surface area contributed by atoms with Crippen molar-refractivity contribution in [2.75, 3.05) is 6.54 Å². The lowest BCUT2D eigenvalue weighted by Crippen LogP contribution is -2.57. The van der Waals surface area contributed by atoms with Crippen LogP contribution in [0.1, 0.15) is 18.4 Å². The predicted molar refractivity (Wildman–Crippen MR) is 67.5 cm³/mol. The molecule has 0 aliphatic carbocycles. The first-order valence-electron chi connectivity index (χ1n) is 5.92. The van der Waals surface area contributed by atoms with E-state index in [1.54, 1.807) is 30.3 Å². The Balaban J connectivity index is 2.33. The zero-order valence-electron chi connectivity index (χ0n) is 10.3. The second-order valence-electron chi connectivity index (χ2n) is 4.58. The van der Waals surface area contributed by atoms with Gasteiger partial charge >= 0.3 is 0 Å². The lowest BCUT2D eigenvalue weighted by molar-refractivity contribution is -0.140. The molecule has 6 heteroatoms. The summed E-state index contributed by atoms with van der Waals surface area (Å²) in [4.78, 5) is 35.9. The SMILES string of the molecule is NC(=O)C(N)(CN1C(=O)CCC1=O)c1ccccc1. The molecule has 3 amide bonds. The Bertz CT molecular complexity index is 513. The standard InChI is InChI=1S/C13H15N3O3/c14-12(19)13(15,9-4-2-1-3-5-9)8-16-10(17)6-7-11(16)18/h1-5H,6-8,15H2,(H2,14,19).